The van der Waals surface area contributed by atoms with Crippen molar-refractivity contribution in [1.82, 2.24) is 10.2 Å². The van der Waals surface area contributed by atoms with Gasteiger partial charge in [-0.2, -0.15) is 5.10 Å². The third-order valence-corrected chi connectivity index (χ3v) is 1.79. The summed E-state index contributed by atoms with van der Waals surface area (Å²) < 4.78 is 10.3. The molecule has 0 amide bonds. The quantitative estimate of drug-likeness (QED) is 0.599. The number of H-pyrrole nitrogens is 1. The summed E-state index contributed by atoms with van der Waals surface area (Å²) in [6.07, 6.45) is 2.91. The second-order valence-electron chi connectivity index (χ2n) is 1.16. The molecule has 0 saturated heterocycles. The van der Waals surface area contributed by atoms with Crippen LogP contribution in [0.5, 0.6) is 0 Å². The monoisotopic (exact) mass is 150 g/mol. The van der Waals surface area contributed by atoms with Gasteiger partial charge in [0.25, 0.3) is 0 Å². The van der Waals surface area contributed by atoms with Gasteiger partial charge >= 0.3 is 0 Å². The van der Waals surface area contributed by atoms with E-state index in [-0.39, 0.29) is 0 Å². The first-order chi connectivity index (χ1) is 3.80. The van der Waals surface area contributed by atoms with Gasteiger partial charge in [0.2, 0.25) is 0 Å². The molecule has 1 N–H and O–H groups in total. The van der Waals surface area contributed by atoms with E-state index in [1.165, 1.54) is 12.4 Å². The van der Waals surface area contributed by atoms with Crippen molar-refractivity contribution < 1.29 is 4.21 Å². The molecule has 1 heterocycles. The van der Waals surface area contributed by atoms with E-state index in [1.54, 1.807) is 0 Å². The molecule has 0 aliphatic rings. The van der Waals surface area contributed by atoms with Crippen molar-refractivity contribution in [3.05, 3.63) is 12.4 Å². The number of nitrogens with one attached hydrogen (secondary N) is 1. The van der Waals surface area contributed by atoms with Crippen LogP contribution in [0.2, 0.25) is 0 Å². The van der Waals surface area contributed by atoms with Crippen molar-refractivity contribution in [3.8, 4) is 0 Å². The molecule has 8 heavy (non-hydrogen) atoms. The lowest BCUT2D eigenvalue weighted by molar-refractivity contribution is 0.691. The zero-order valence-corrected chi connectivity index (χ0v) is 5.37. The molecule has 1 atom stereocenters. The van der Waals surface area contributed by atoms with Gasteiger partial charge in [-0.1, -0.05) is 0 Å². The van der Waals surface area contributed by atoms with Crippen molar-refractivity contribution in [2.24, 2.45) is 0 Å². The fourth-order valence-electron chi connectivity index (χ4n) is 0.327. The maximum Gasteiger partial charge on any atom is 0.150 e. The molecule has 0 radical (unpaired) electrons. The first-order valence-electron chi connectivity index (χ1n) is 1.87. The molecule has 0 bridgehead atoms. The zero-order chi connectivity index (χ0) is 5.98. The van der Waals surface area contributed by atoms with Gasteiger partial charge in [0, 0.05) is 6.20 Å². The zero-order valence-electron chi connectivity index (χ0n) is 3.80. The molecule has 0 fully saturated rings. The summed E-state index contributed by atoms with van der Waals surface area (Å²) in [4.78, 5) is 0.506. The van der Waals surface area contributed by atoms with Crippen LogP contribution >= 0.6 is 10.7 Å². The minimum atomic E-state index is -1.42. The summed E-state index contributed by atoms with van der Waals surface area (Å²) in [7, 11) is 3.74. The summed E-state index contributed by atoms with van der Waals surface area (Å²) in [5, 5.41) is 6.02. The molecule has 1 unspecified atom stereocenters. The minimum Gasteiger partial charge on any atom is -0.284 e. The highest BCUT2D eigenvalue weighted by Gasteiger charge is 1.96. The molecule has 3 nitrogen and oxygen atoms in total. The van der Waals surface area contributed by atoms with Gasteiger partial charge < -0.3 is 0 Å². The maximum atomic E-state index is 10.3. The lowest BCUT2D eigenvalue weighted by atomic mass is 10.8. The predicted octanol–water partition coefficient (Wildman–Crippen LogP) is 0.671. The molecule has 5 heteroatoms. The predicted molar refractivity (Wildman–Crippen MR) is 30.8 cm³/mol. The summed E-state index contributed by atoms with van der Waals surface area (Å²) in [5.74, 6) is 0. The van der Waals surface area contributed by atoms with E-state index in [2.05, 4.69) is 10.2 Å². The molecular weight excluding hydrogens is 148 g/mol. The molecule has 1 rings (SSSR count). The molecule has 1 aromatic heterocycles. The Morgan fingerprint density at radius 3 is 2.88 bits per heavy atom. The van der Waals surface area contributed by atoms with Crippen LogP contribution in [0.15, 0.2) is 17.3 Å². The SMILES string of the molecule is O=S(Cl)c1cn[nH]c1. The molecule has 1 aromatic rings. The van der Waals surface area contributed by atoms with Gasteiger partial charge in [-0.3, -0.25) is 5.10 Å². The van der Waals surface area contributed by atoms with Crippen LogP contribution in [0.3, 0.4) is 0 Å². The minimum absolute atomic E-state index is 0.506. The molecular formula is C3H3ClN2OS. The fourth-order valence-corrected chi connectivity index (χ4v) is 0.861. The van der Waals surface area contributed by atoms with Gasteiger partial charge in [0.1, 0.15) is 0 Å². The van der Waals surface area contributed by atoms with Gasteiger partial charge in [0.15, 0.2) is 10.0 Å². The van der Waals surface area contributed by atoms with Crippen LogP contribution in [-0.4, -0.2) is 14.4 Å². The molecule has 0 spiro atoms. The van der Waals surface area contributed by atoms with Crippen LogP contribution in [0, 0.1) is 0 Å². The highest BCUT2D eigenvalue weighted by Crippen LogP contribution is 2.04. The lowest BCUT2D eigenvalue weighted by Crippen LogP contribution is -1.72. The second-order valence-corrected chi connectivity index (χ2v) is 2.92. The highest BCUT2D eigenvalue weighted by molar-refractivity contribution is 8.08. The number of hydrogen-bond donors (Lipinski definition) is 1. The van der Waals surface area contributed by atoms with Crippen molar-refractivity contribution in [2.75, 3.05) is 0 Å². The Morgan fingerprint density at radius 2 is 2.62 bits per heavy atom. The molecule has 0 aliphatic heterocycles. The van der Waals surface area contributed by atoms with E-state index in [9.17, 15) is 4.21 Å². The molecule has 0 saturated carbocycles. The van der Waals surface area contributed by atoms with Crippen LogP contribution in [0.4, 0.5) is 0 Å². The largest absolute Gasteiger partial charge is 0.284 e. The highest BCUT2D eigenvalue weighted by atomic mass is 35.7. The van der Waals surface area contributed by atoms with Crippen molar-refractivity contribution in [2.45, 2.75) is 4.90 Å². The van der Waals surface area contributed by atoms with Gasteiger partial charge in [-0.15, -0.1) is 0 Å². The summed E-state index contributed by atoms with van der Waals surface area (Å²) in [6.45, 7) is 0. The Bertz CT molecular complexity index is 185. The Hall–Kier alpha value is -0.350. The van der Waals surface area contributed by atoms with E-state index in [0.29, 0.717) is 4.90 Å². The van der Waals surface area contributed by atoms with Crippen molar-refractivity contribution in [3.63, 3.8) is 0 Å². The Kier molecular flexibility index (Phi) is 1.65. The van der Waals surface area contributed by atoms with Crippen LogP contribution < -0.4 is 0 Å². The van der Waals surface area contributed by atoms with Gasteiger partial charge in [0.05, 0.1) is 11.1 Å². The van der Waals surface area contributed by atoms with Crippen LogP contribution in [0.25, 0.3) is 0 Å². The average molecular weight is 151 g/mol. The molecule has 44 valence electrons. The molecule has 0 aromatic carbocycles. The van der Waals surface area contributed by atoms with E-state index in [1.807, 2.05) is 0 Å². The van der Waals surface area contributed by atoms with Crippen LogP contribution in [0.1, 0.15) is 0 Å². The summed E-state index contributed by atoms with van der Waals surface area (Å²) >= 11 is 0. The normalized spacial score (nSPS) is 13.6. The number of nitrogens with zero attached hydrogens (tertiary/aromatic N) is 1. The van der Waals surface area contributed by atoms with E-state index in [4.69, 9.17) is 10.7 Å². The Morgan fingerprint density at radius 1 is 1.88 bits per heavy atom. The van der Waals surface area contributed by atoms with Crippen molar-refractivity contribution in [1.29, 1.82) is 0 Å². The third-order valence-electron chi connectivity index (χ3n) is 0.658. The van der Waals surface area contributed by atoms with Crippen molar-refractivity contribution >= 4 is 20.7 Å². The lowest BCUT2D eigenvalue weighted by Gasteiger charge is -1.76. The van der Waals surface area contributed by atoms with E-state index in [0.717, 1.165) is 0 Å². The second kappa shape index (κ2) is 2.28. The number of aromatic nitrogens is 2. The Balaban J connectivity index is 2.93. The number of hydrogen-bond acceptors (Lipinski definition) is 2. The Labute approximate surface area is 53.0 Å². The first kappa shape index (κ1) is 5.78. The number of rotatable bonds is 1. The maximum absolute atomic E-state index is 10.3. The third kappa shape index (κ3) is 1.08. The van der Waals surface area contributed by atoms with Crippen LogP contribution in [-0.2, 0) is 10.0 Å². The molecule has 0 aliphatic carbocycles. The standard InChI is InChI=1S/C3H3ClN2OS/c4-8(7)3-1-5-6-2-3/h1-2H,(H,5,6). The number of aromatic amines is 1. The summed E-state index contributed by atoms with van der Waals surface area (Å²) in [5.41, 5.74) is 0. The summed E-state index contributed by atoms with van der Waals surface area (Å²) in [6, 6.07) is 0. The smallest absolute Gasteiger partial charge is 0.150 e. The fraction of sp³-hybridized carbons (Fsp3) is 0. The van der Waals surface area contributed by atoms with E-state index >= 15 is 0 Å². The van der Waals surface area contributed by atoms with E-state index < -0.39 is 10.0 Å². The average Bonchev–Trinajstić information content (AvgIpc) is 2.12. The topological polar surface area (TPSA) is 45.8 Å². The van der Waals surface area contributed by atoms with Gasteiger partial charge in [-0.05, 0) is 10.7 Å². The van der Waals surface area contributed by atoms with Gasteiger partial charge in [-0.25, -0.2) is 4.21 Å². The number of halogens is 1. The first-order valence-corrected chi connectivity index (χ1v) is 3.85.